The van der Waals surface area contributed by atoms with Crippen molar-refractivity contribution in [3.05, 3.63) is 59.3 Å². The number of carbonyl (C=O) groups excluding carboxylic acids is 2. The summed E-state index contributed by atoms with van der Waals surface area (Å²) in [5.41, 5.74) is 3.73. The number of hydrogen-bond acceptors (Lipinski definition) is 6. The fourth-order valence-electron chi connectivity index (χ4n) is 4.21. The van der Waals surface area contributed by atoms with Gasteiger partial charge in [0, 0.05) is 22.8 Å². The van der Waals surface area contributed by atoms with Gasteiger partial charge in [-0.15, -0.1) is 0 Å². The Kier molecular flexibility index (Phi) is 6.77. The summed E-state index contributed by atoms with van der Waals surface area (Å²) in [6.07, 6.45) is 3.80. The molecule has 4 rings (SSSR count). The van der Waals surface area contributed by atoms with Crippen LogP contribution in [0, 0.1) is 0 Å². The Morgan fingerprint density at radius 2 is 1.73 bits per heavy atom. The maximum absolute atomic E-state index is 13.3. The molecule has 1 heterocycles. The number of aryl methyl sites for hydroxylation is 1. The standard InChI is InChI=1S/C26H28N2O5/c1-16(25(29)27-17-13-14-22(31-2)23(15-17)32-3)33-26(30)24-18-9-5-4-6-11-20(18)28-21-12-8-7-10-19(21)24/h7-8,10,12-16H,4-6,9,11H2,1-3H3,(H,27,29). The molecule has 7 heteroatoms. The van der Waals surface area contributed by atoms with E-state index in [9.17, 15) is 9.59 Å². The minimum absolute atomic E-state index is 0.431. The Hall–Kier alpha value is -3.61. The monoisotopic (exact) mass is 448 g/mol. The smallest absolute Gasteiger partial charge is 0.339 e. The van der Waals surface area contributed by atoms with Crippen LogP contribution < -0.4 is 14.8 Å². The molecule has 1 amide bonds. The number of ether oxygens (including phenoxy) is 3. The summed E-state index contributed by atoms with van der Waals surface area (Å²) in [5, 5.41) is 3.53. The predicted molar refractivity (Wildman–Crippen MR) is 126 cm³/mol. The Balaban J connectivity index is 1.57. The van der Waals surface area contributed by atoms with E-state index in [1.807, 2.05) is 24.3 Å². The number of hydrogen-bond donors (Lipinski definition) is 1. The molecule has 0 radical (unpaired) electrons. The van der Waals surface area contributed by atoms with Gasteiger partial charge >= 0.3 is 5.97 Å². The van der Waals surface area contributed by atoms with Crippen LogP contribution in [0.3, 0.4) is 0 Å². The maximum atomic E-state index is 13.3. The van der Waals surface area contributed by atoms with Gasteiger partial charge in [-0.25, -0.2) is 4.79 Å². The van der Waals surface area contributed by atoms with Crippen molar-refractivity contribution in [2.24, 2.45) is 0 Å². The largest absolute Gasteiger partial charge is 0.493 e. The second kappa shape index (κ2) is 9.90. The van der Waals surface area contributed by atoms with Crippen LogP contribution in [0.4, 0.5) is 5.69 Å². The van der Waals surface area contributed by atoms with Crippen molar-refractivity contribution in [1.29, 1.82) is 0 Å². The van der Waals surface area contributed by atoms with Gasteiger partial charge < -0.3 is 19.5 Å². The molecule has 2 aromatic carbocycles. The molecule has 3 aromatic rings. The van der Waals surface area contributed by atoms with Crippen molar-refractivity contribution in [2.75, 3.05) is 19.5 Å². The number of pyridine rings is 1. The fourth-order valence-corrected chi connectivity index (χ4v) is 4.21. The van der Waals surface area contributed by atoms with Crippen molar-refractivity contribution >= 4 is 28.5 Å². The summed E-state index contributed by atoms with van der Waals surface area (Å²) in [6, 6.07) is 12.6. The fraction of sp³-hybridized carbons (Fsp3) is 0.346. The first-order chi connectivity index (χ1) is 16.0. The van der Waals surface area contributed by atoms with E-state index in [0.717, 1.165) is 54.3 Å². The van der Waals surface area contributed by atoms with Gasteiger partial charge in [-0.1, -0.05) is 24.6 Å². The molecule has 33 heavy (non-hydrogen) atoms. The van der Waals surface area contributed by atoms with Crippen LogP contribution in [0.15, 0.2) is 42.5 Å². The number of rotatable bonds is 6. The quantitative estimate of drug-likeness (QED) is 0.434. The molecule has 1 aromatic heterocycles. The number of carbonyl (C=O) groups is 2. The molecule has 172 valence electrons. The molecule has 1 aliphatic carbocycles. The first-order valence-corrected chi connectivity index (χ1v) is 11.2. The molecule has 0 saturated carbocycles. The number of para-hydroxylation sites is 1. The van der Waals surface area contributed by atoms with E-state index in [1.54, 1.807) is 32.2 Å². The van der Waals surface area contributed by atoms with Crippen molar-refractivity contribution in [3.63, 3.8) is 0 Å². The van der Waals surface area contributed by atoms with Crippen molar-refractivity contribution in [3.8, 4) is 11.5 Å². The number of nitrogens with one attached hydrogen (secondary N) is 1. The lowest BCUT2D eigenvalue weighted by Gasteiger charge is -2.18. The minimum atomic E-state index is -0.987. The topological polar surface area (TPSA) is 86.8 Å². The van der Waals surface area contributed by atoms with Crippen LogP contribution in [0.1, 0.15) is 47.8 Å². The average molecular weight is 449 g/mol. The molecule has 0 fully saturated rings. The highest BCUT2D eigenvalue weighted by molar-refractivity contribution is 6.06. The number of anilines is 1. The van der Waals surface area contributed by atoms with Crippen molar-refractivity contribution in [1.82, 2.24) is 4.98 Å². The van der Waals surface area contributed by atoms with Gasteiger partial charge in [0.2, 0.25) is 0 Å². The minimum Gasteiger partial charge on any atom is -0.493 e. The van der Waals surface area contributed by atoms with Gasteiger partial charge in [0.15, 0.2) is 17.6 Å². The maximum Gasteiger partial charge on any atom is 0.339 e. The number of fused-ring (bicyclic) bond motifs is 2. The zero-order valence-electron chi connectivity index (χ0n) is 19.1. The van der Waals surface area contributed by atoms with Crippen molar-refractivity contribution in [2.45, 2.75) is 45.1 Å². The SMILES string of the molecule is COc1ccc(NC(=O)C(C)OC(=O)c2c3c(nc4ccccc24)CCCCC3)cc1OC. The zero-order chi connectivity index (χ0) is 23.4. The molecular weight excluding hydrogens is 420 g/mol. The van der Waals surface area contributed by atoms with E-state index in [0.29, 0.717) is 22.7 Å². The summed E-state index contributed by atoms with van der Waals surface area (Å²) in [7, 11) is 3.07. The van der Waals surface area contributed by atoms with E-state index < -0.39 is 18.0 Å². The van der Waals surface area contributed by atoms with Crippen LogP contribution in [-0.4, -0.2) is 37.2 Å². The Labute approximate surface area is 193 Å². The lowest BCUT2D eigenvalue weighted by atomic mass is 9.97. The van der Waals surface area contributed by atoms with Gasteiger partial charge in [-0.2, -0.15) is 0 Å². The van der Waals surface area contributed by atoms with Crippen LogP contribution in [0.25, 0.3) is 10.9 Å². The normalized spacial score (nSPS) is 14.0. The van der Waals surface area contributed by atoms with E-state index in [-0.39, 0.29) is 0 Å². The number of aromatic nitrogens is 1. The number of nitrogens with zero attached hydrogens (tertiary/aromatic N) is 1. The molecular formula is C26H28N2O5. The van der Waals surface area contributed by atoms with Crippen molar-refractivity contribution < 1.29 is 23.8 Å². The highest BCUT2D eigenvalue weighted by Gasteiger charge is 2.26. The molecule has 0 bridgehead atoms. The number of esters is 1. The van der Waals surface area contributed by atoms with Crippen LogP contribution in [-0.2, 0) is 22.4 Å². The van der Waals surface area contributed by atoms with Gasteiger partial charge in [0.1, 0.15) is 0 Å². The molecule has 0 aliphatic heterocycles. The Bertz CT molecular complexity index is 1190. The number of methoxy groups -OCH3 is 2. The van der Waals surface area contributed by atoms with E-state index >= 15 is 0 Å². The highest BCUT2D eigenvalue weighted by atomic mass is 16.5. The summed E-state index contributed by atoms with van der Waals surface area (Å²) < 4.78 is 16.2. The third kappa shape index (κ3) is 4.77. The van der Waals surface area contributed by atoms with Gasteiger partial charge in [-0.3, -0.25) is 9.78 Å². The summed E-state index contributed by atoms with van der Waals surface area (Å²) in [4.78, 5) is 30.9. The molecule has 1 N–H and O–H groups in total. The molecule has 1 aliphatic rings. The van der Waals surface area contributed by atoms with Gasteiger partial charge in [0.25, 0.3) is 5.91 Å². The second-order valence-electron chi connectivity index (χ2n) is 8.10. The summed E-state index contributed by atoms with van der Waals surface area (Å²) >= 11 is 0. The lowest BCUT2D eigenvalue weighted by Crippen LogP contribution is -2.30. The van der Waals surface area contributed by atoms with Gasteiger partial charge in [0.05, 0.1) is 25.3 Å². The van der Waals surface area contributed by atoms with E-state index in [4.69, 9.17) is 19.2 Å². The van der Waals surface area contributed by atoms with Crippen LogP contribution in [0.2, 0.25) is 0 Å². The summed E-state index contributed by atoms with van der Waals surface area (Å²) in [6.45, 7) is 1.57. The zero-order valence-corrected chi connectivity index (χ0v) is 19.1. The third-order valence-corrected chi connectivity index (χ3v) is 5.93. The van der Waals surface area contributed by atoms with Crippen LogP contribution >= 0.6 is 0 Å². The molecule has 7 nitrogen and oxygen atoms in total. The average Bonchev–Trinajstić information content (AvgIpc) is 3.07. The molecule has 0 saturated heterocycles. The predicted octanol–water partition coefficient (Wildman–Crippen LogP) is 4.70. The first kappa shape index (κ1) is 22.6. The second-order valence-corrected chi connectivity index (χ2v) is 8.10. The molecule has 0 spiro atoms. The molecule has 1 atom stereocenters. The summed E-state index contributed by atoms with van der Waals surface area (Å²) in [5.74, 6) is 0.118. The van der Waals surface area contributed by atoms with E-state index in [1.165, 1.54) is 7.11 Å². The number of benzene rings is 2. The lowest BCUT2D eigenvalue weighted by molar-refractivity contribution is -0.123. The Morgan fingerprint density at radius 1 is 0.970 bits per heavy atom. The van der Waals surface area contributed by atoms with Gasteiger partial charge in [-0.05, 0) is 56.4 Å². The molecule has 1 unspecified atom stereocenters. The van der Waals surface area contributed by atoms with Crippen LogP contribution in [0.5, 0.6) is 11.5 Å². The first-order valence-electron chi connectivity index (χ1n) is 11.2. The Morgan fingerprint density at radius 3 is 2.52 bits per heavy atom. The number of amides is 1. The van der Waals surface area contributed by atoms with E-state index in [2.05, 4.69) is 5.32 Å². The third-order valence-electron chi connectivity index (χ3n) is 5.93. The highest BCUT2D eigenvalue weighted by Crippen LogP contribution is 2.31.